The van der Waals surface area contributed by atoms with E-state index in [0.717, 1.165) is 16.6 Å². The molecule has 0 spiro atoms. The van der Waals surface area contributed by atoms with Crippen LogP contribution in [0.1, 0.15) is 25.5 Å². The lowest BCUT2D eigenvalue weighted by Crippen LogP contribution is -2.25. The van der Waals surface area contributed by atoms with Crippen LogP contribution in [0.4, 0.5) is 0 Å². The van der Waals surface area contributed by atoms with E-state index in [9.17, 15) is 4.79 Å². The first-order valence-corrected chi connectivity index (χ1v) is 6.66. The predicted octanol–water partition coefficient (Wildman–Crippen LogP) is 3.38. The number of benzene rings is 1. The zero-order chi connectivity index (χ0) is 14.2. The van der Waals surface area contributed by atoms with Crippen LogP contribution >= 0.6 is 12.2 Å². The van der Waals surface area contributed by atoms with Crippen molar-refractivity contribution in [2.75, 3.05) is 7.11 Å². The van der Waals surface area contributed by atoms with Gasteiger partial charge in [0.2, 0.25) is 0 Å². The van der Waals surface area contributed by atoms with Crippen LogP contribution in [0.5, 0.6) is 0 Å². The van der Waals surface area contributed by atoms with Crippen molar-refractivity contribution in [2.45, 2.75) is 26.8 Å². The summed E-state index contributed by atoms with van der Waals surface area (Å²) in [5.74, 6) is -0.174. The molecule has 0 radical (unpaired) electrons. The number of nitrogens with one attached hydrogen (secondary N) is 1. The average Bonchev–Trinajstić information content (AvgIpc) is 2.68. The molecule has 0 aliphatic carbocycles. The highest BCUT2D eigenvalue weighted by atomic mass is 32.1. The van der Waals surface area contributed by atoms with Gasteiger partial charge in [-0.2, -0.15) is 0 Å². The highest BCUT2D eigenvalue weighted by Crippen LogP contribution is 2.27. The van der Waals surface area contributed by atoms with Crippen molar-refractivity contribution >= 4 is 29.2 Å². The van der Waals surface area contributed by atoms with Gasteiger partial charge in [0.25, 0.3) is 0 Å². The quantitative estimate of drug-likeness (QED) is 0.691. The van der Waals surface area contributed by atoms with E-state index in [2.05, 4.69) is 4.98 Å². The van der Waals surface area contributed by atoms with E-state index in [4.69, 9.17) is 17.0 Å². The van der Waals surface area contributed by atoms with Crippen LogP contribution in [-0.4, -0.2) is 22.6 Å². The third-order valence-corrected chi connectivity index (χ3v) is 3.61. The van der Waals surface area contributed by atoms with Crippen LogP contribution in [0.2, 0.25) is 0 Å². The lowest BCUT2D eigenvalue weighted by Gasteiger charge is -2.20. The summed E-state index contributed by atoms with van der Waals surface area (Å²) in [5, 5.41) is 0. The minimum atomic E-state index is -0.409. The number of para-hydroxylation sites is 1. The van der Waals surface area contributed by atoms with Crippen LogP contribution in [-0.2, 0) is 9.53 Å². The molecule has 1 heterocycles. The molecule has 4 nitrogen and oxygen atoms in total. The highest BCUT2D eigenvalue weighted by molar-refractivity contribution is 7.71. The average molecular weight is 278 g/mol. The Balaban J connectivity index is 2.73. The summed E-state index contributed by atoms with van der Waals surface area (Å²) in [6, 6.07) is 5.53. The molecule has 19 heavy (non-hydrogen) atoms. The van der Waals surface area contributed by atoms with E-state index in [1.54, 1.807) is 0 Å². The number of fused-ring (bicyclic) bond motifs is 1. The van der Waals surface area contributed by atoms with Crippen LogP contribution in [0.25, 0.3) is 11.0 Å². The maximum Gasteiger partial charge on any atom is 0.329 e. The number of aromatic nitrogens is 2. The summed E-state index contributed by atoms with van der Waals surface area (Å²) >= 11 is 5.37. The van der Waals surface area contributed by atoms with E-state index in [1.807, 2.05) is 43.5 Å². The predicted molar refractivity (Wildman–Crippen MR) is 77.8 cm³/mol. The SMILES string of the molecule is COC(=O)C(C(C)C)n1c(=S)[nH]c2c(C)cccc21. The number of imidazole rings is 1. The van der Waals surface area contributed by atoms with Crippen molar-refractivity contribution < 1.29 is 9.53 Å². The molecule has 102 valence electrons. The number of methoxy groups -OCH3 is 1. The molecule has 0 saturated carbocycles. The molecule has 0 bridgehead atoms. The fraction of sp³-hybridized carbons (Fsp3) is 0.429. The molecule has 0 aliphatic rings. The summed E-state index contributed by atoms with van der Waals surface area (Å²) in [6.07, 6.45) is 0. The molecule has 1 N–H and O–H groups in total. The number of esters is 1. The first-order valence-electron chi connectivity index (χ1n) is 6.25. The first-order chi connectivity index (χ1) is 8.97. The number of hydrogen-bond donors (Lipinski definition) is 1. The Bertz CT molecular complexity index is 670. The number of aryl methyl sites for hydroxylation is 1. The van der Waals surface area contributed by atoms with E-state index in [1.165, 1.54) is 7.11 Å². The minimum Gasteiger partial charge on any atom is -0.467 e. The summed E-state index contributed by atoms with van der Waals surface area (Å²) in [7, 11) is 1.40. The molecule has 5 heteroatoms. The second-order valence-electron chi connectivity index (χ2n) is 4.98. The Morgan fingerprint density at radius 1 is 1.42 bits per heavy atom. The van der Waals surface area contributed by atoms with E-state index < -0.39 is 6.04 Å². The van der Waals surface area contributed by atoms with Crippen molar-refractivity contribution in [1.82, 2.24) is 9.55 Å². The van der Waals surface area contributed by atoms with Gasteiger partial charge < -0.3 is 14.3 Å². The number of rotatable bonds is 3. The Kier molecular flexibility index (Phi) is 3.75. The maximum atomic E-state index is 12.0. The Morgan fingerprint density at radius 3 is 2.68 bits per heavy atom. The molecular formula is C14H18N2O2S. The largest absolute Gasteiger partial charge is 0.467 e. The van der Waals surface area contributed by atoms with Crippen LogP contribution in [0, 0.1) is 17.6 Å². The van der Waals surface area contributed by atoms with E-state index in [-0.39, 0.29) is 11.9 Å². The topological polar surface area (TPSA) is 47.0 Å². The van der Waals surface area contributed by atoms with Crippen molar-refractivity contribution in [3.8, 4) is 0 Å². The van der Waals surface area contributed by atoms with Gasteiger partial charge in [0.05, 0.1) is 18.1 Å². The second kappa shape index (κ2) is 5.17. The molecular weight excluding hydrogens is 260 g/mol. The Labute approximate surface area is 117 Å². The number of aromatic amines is 1. The number of H-pyrrole nitrogens is 1. The number of carbonyl (C=O) groups excluding carboxylic acids is 1. The molecule has 1 aromatic carbocycles. The summed E-state index contributed by atoms with van der Waals surface area (Å²) in [4.78, 5) is 15.2. The fourth-order valence-electron chi connectivity index (χ4n) is 2.36. The fourth-order valence-corrected chi connectivity index (χ4v) is 2.68. The number of ether oxygens (including phenoxy) is 1. The van der Waals surface area contributed by atoms with Crippen LogP contribution < -0.4 is 0 Å². The third-order valence-electron chi connectivity index (χ3n) is 3.31. The molecule has 1 aromatic heterocycles. The van der Waals surface area contributed by atoms with Gasteiger partial charge in [0, 0.05) is 0 Å². The maximum absolute atomic E-state index is 12.0. The van der Waals surface area contributed by atoms with E-state index in [0.29, 0.717) is 4.77 Å². The lowest BCUT2D eigenvalue weighted by atomic mass is 10.0. The van der Waals surface area contributed by atoms with Gasteiger partial charge in [-0.05, 0) is 36.7 Å². The first kappa shape index (κ1) is 13.8. The number of carbonyl (C=O) groups is 1. The van der Waals surface area contributed by atoms with Gasteiger partial charge >= 0.3 is 5.97 Å². The van der Waals surface area contributed by atoms with Crippen LogP contribution in [0.3, 0.4) is 0 Å². The van der Waals surface area contributed by atoms with Crippen molar-refractivity contribution in [1.29, 1.82) is 0 Å². The summed E-state index contributed by atoms with van der Waals surface area (Å²) in [6.45, 7) is 5.98. The third kappa shape index (κ3) is 2.30. The van der Waals surface area contributed by atoms with Crippen molar-refractivity contribution in [2.24, 2.45) is 5.92 Å². The molecule has 0 amide bonds. The van der Waals surface area contributed by atoms with Gasteiger partial charge in [-0.15, -0.1) is 0 Å². The Morgan fingerprint density at radius 2 is 2.11 bits per heavy atom. The van der Waals surface area contributed by atoms with Crippen molar-refractivity contribution in [3.05, 3.63) is 28.5 Å². The van der Waals surface area contributed by atoms with Crippen LogP contribution in [0.15, 0.2) is 18.2 Å². The lowest BCUT2D eigenvalue weighted by molar-refractivity contribution is -0.145. The van der Waals surface area contributed by atoms with Gasteiger partial charge in [-0.3, -0.25) is 0 Å². The van der Waals surface area contributed by atoms with Crippen molar-refractivity contribution in [3.63, 3.8) is 0 Å². The second-order valence-corrected chi connectivity index (χ2v) is 5.37. The van der Waals surface area contributed by atoms with Gasteiger partial charge in [0.1, 0.15) is 6.04 Å². The molecule has 2 rings (SSSR count). The summed E-state index contributed by atoms with van der Waals surface area (Å²) in [5.41, 5.74) is 3.02. The van der Waals surface area contributed by atoms with Gasteiger partial charge in [-0.25, -0.2) is 4.79 Å². The molecule has 1 atom stereocenters. The standard InChI is InChI=1S/C14H18N2O2S/c1-8(2)12(13(17)18-4)16-10-7-5-6-9(3)11(10)15-14(16)19/h5-8,12H,1-4H3,(H,15,19). The number of hydrogen-bond acceptors (Lipinski definition) is 3. The smallest absolute Gasteiger partial charge is 0.329 e. The monoisotopic (exact) mass is 278 g/mol. The number of nitrogens with zero attached hydrogens (tertiary/aromatic N) is 1. The zero-order valence-corrected chi connectivity index (χ0v) is 12.4. The van der Waals surface area contributed by atoms with Gasteiger partial charge in [0.15, 0.2) is 4.77 Å². The normalized spacial score (nSPS) is 12.9. The summed E-state index contributed by atoms with van der Waals surface area (Å²) < 4.78 is 7.32. The molecule has 0 saturated heterocycles. The molecule has 1 unspecified atom stereocenters. The minimum absolute atomic E-state index is 0.0960. The zero-order valence-electron chi connectivity index (χ0n) is 11.6. The highest BCUT2D eigenvalue weighted by Gasteiger charge is 2.27. The van der Waals surface area contributed by atoms with Gasteiger partial charge in [-0.1, -0.05) is 26.0 Å². The molecule has 2 aromatic rings. The molecule has 0 aliphatic heterocycles. The van der Waals surface area contributed by atoms with E-state index >= 15 is 0 Å². The molecule has 0 fully saturated rings. The Hall–Kier alpha value is -1.62.